The van der Waals surface area contributed by atoms with Gasteiger partial charge in [-0.05, 0) is 86.0 Å². The monoisotopic (exact) mass is 500 g/mol. The van der Waals surface area contributed by atoms with Gasteiger partial charge in [0.25, 0.3) is 0 Å². The summed E-state index contributed by atoms with van der Waals surface area (Å²) in [5.74, 6) is 0. The molecule has 0 saturated heterocycles. The van der Waals surface area contributed by atoms with E-state index >= 15 is 0 Å². The van der Waals surface area contributed by atoms with Crippen LogP contribution in [0, 0.1) is 0 Å². The van der Waals surface area contributed by atoms with Crippen LogP contribution < -0.4 is 0 Å². The summed E-state index contributed by atoms with van der Waals surface area (Å²) in [6.45, 7) is 4.75. The van der Waals surface area contributed by atoms with Gasteiger partial charge in [-0.3, -0.25) is 9.97 Å². The second kappa shape index (κ2) is 9.18. The Bertz CT molecular complexity index is 1750. The van der Waals surface area contributed by atoms with Crippen molar-refractivity contribution >= 4 is 0 Å². The SMILES string of the molecule is CC1(C)c2c(-c3ccccc3)cccc2-c2cccc(-c3cc(-c4cccnc4)cc(-c4cccnc4)c3)c21. The third kappa shape index (κ3) is 3.88. The number of rotatable bonds is 4. The maximum Gasteiger partial charge on any atom is 0.0346 e. The Morgan fingerprint density at radius 1 is 0.410 bits per heavy atom. The van der Waals surface area contributed by atoms with Gasteiger partial charge in [0.05, 0.1) is 0 Å². The average molecular weight is 501 g/mol. The predicted octanol–water partition coefficient (Wildman–Crippen LogP) is 9.45. The third-order valence-electron chi connectivity index (χ3n) is 7.99. The van der Waals surface area contributed by atoms with Crippen LogP contribution in [0.15, 0.2) is 134 Å². The van der Waals surface area contributed by atoms with E-state index in [-0.39, 0.29) is 5.41 Å². The van der Waals surface area contributed by atoms with E-state index in [1.807, 2.05) is 36.9 Å². The van der Waals surface area contributed by atoms with Gasteiger partial charge in [0.2, 0.25) is 0 Å². The fraction of sp³-hybridized carbons (Fsp3) is 0.0811. The lowest BCUT2D eigenvalue weighted by Crippen LogP contribution is -2.17. The molecule has 1 aliphatic rings. The fourth-order valence-corrected chi connectivity index (χ4v) is 6.31. The zero-order valence-corrected chi connectivity index (χ0v) is 22.1. The van der Waals surface area contributed by atoms with Crippen LogP contribution in [-0.2, 0) is 5.41 Å². The van der Waals surface area contributed by atoms with E-state index in [9.17, 15) is 0 Å². The van der Waals surface area contributed by atoms with E-state index < -0.39 is 0 Å². The van der Waals surface area contributed by atoms with Gasteiger partial charge in [0.1, 0.15) is 0 Å². The van der Waals surface area contributed by atoms with Crippen molar-refractivity contribution in [2.75, 3.05) is 0 Å². The van der Waals surface area contributed by atoms with Crippen LogP contribution in [0.1, 0.15) is 25.0 Å². The fourth-order valence-electron chi connectivity index (χ4n) is 6.31. The van der Waals surface area contributed by atoms with Crippen molar-refractivity contribution in [3.8, 4) is 55.6 Å². The minimum absolute atomic E-state index is 0.174. The second-order valence-corrected chi connectivity index (χ2v) is 10.7. The van der Waals surface area contributed by atoms with Crippen molar-refractivity contribution in [2.45, 2.75) is 19.3 Å². The molecule has 0 aliphatic heterocycles. The maximum absolute atomic E-state index is 4.40. The van der Waals surface area contributed by atoms with E-state index in [0.717, 1.165) is 22.3 Å². The minimum Gasteiger partial charge on any atom is -0.264 e. The normalized spacial score (nSPS) is 13.1. The van der Waals surface area contributed by atoms with Gasteiger partial charge >= 0.3 is 0 Å². The second-order valence-electron chi connectivity index (χ2n) is 10.7. The first-order valence-electron chi connectivity index (χ1n) is 13.4. The Kier molecular flexibility index (Phi) is 5.49. The van der Waals surface area contributed by atoms with Crippen molar-refractivity contribution < 1.29 is 0 Å². The lowest BCUT2D eigenvalue weighted by molar-refractivity contribution is 0.664. The van der Waals surface area contributed by atoms with Gasteiger partial charge in [0.15, 0.2) is 0 Å². The van der Waals surface area contributed by atoms with Gasteiger partial charge in [-0.2, -0.15) is 0 Å². The number of nitrogens with zero attached hydrogens (tertiary/aromatic N) is 2. The van der Waals surface area contributed by atoms with Gasteiger partial charge in [-0.15, -0.1) is 0 Å². The average Bonchev–Trinajstić information content (AvgIpc) is 3.25. The summed E-state index contributed by atoms with van der Waals surface area (Å²) >= 11 is 0. The summed E-state index contributed by atoms with van der Waals surface area (Å²) in [6, 6.07) is 39.4. The Balaban J connectivity index is 1.47. The molecule has 39 heavy (non-hydrogen) atoms. The molecule has 0 fully saturated rings. The van der Waals surface area contributed by atoms with Crippen LogP contribution in [0.2, 0.25) is 0 Å². The molecular weight excluding hydrogens is 472 g/mol. The molecular formula is C37H28N2. The first-order valence-corrected chi connectivity index (χ1v) is 13.4. The van der Waals surface area contributed by atoms with E-state index in [4.69, 9.17) is 0 Å². The Hall–Kier alpha value is -4.82. The summed E-state index contributed by atoms with van der Waals surface area (Å²) < 4.78 is 0. The summed E-state index contributed by atoms with van der Waals surface area (Å²) in [7, 11) is 0. The van der Waals surface area contributed by atoms with Crippen LogP contribution in [0.5, 0.6) is 0 Å². The lowest BCUT2D eigenvalue weighted by Gasteiger charge is -2.27. The highest BCUT2D eigenvalue weighted by Crippen LogP contribution is 2.55. The minimum atomic E-state index is -0.174. The summed E-state index contributed by atoms with van der Waals surface area (Å²) in [5, 5.41) is 0. The molecule has 0 unspecified atom stereocenters. The summed E-state index contributed by atoms with van der Waals surface area (Å²) in [4.78, 5) is 8.80. The topological polar surface area (TPSA) is 25.8 Å². The van der Waals surface area contributed by atoms with Gasteiger partial charge in [-0.1, -0.05) is 92.7 Å². The maximum atomic E-state index is 4.40. The Morgan fingerprint density at radius 3 is 1.38 bits per heavy atom. The zero-order chi connectivity index (χ0) is 26.4. The quantitative estimate of drug-likeness (QED) is 0.241. The Morgan fingerprint density at radius 2 is 0.872 bits per heavy atom. The molecule has 0 bridgehead atoms. The third-order valence-corrected chi connectivity index (χ3v) is 7.99. The van der Waals surface area contributed by atoms with E-state index in [1.165, 1.54) is 44.5 Å². The van der Waals surface area contributed by atoms with Crippen molar-refractivity contribution in [2.24, 2.45) is 0 Å². The summed E-state index contributed by atoms with van der Waals surface area (Å²) in [5.41, 5.74) is 14.8. The van der Waals surface area contributed by atoms with E-state index in [0.29, 0.717) is 0 Å². The molecule has 2 nitrogen and oxygen atoms in total. The van der Waals surface area contributed by atoms with Gasteiger partial charge < -0.3 is 0 Å². The molecule has 2 aromatic heterocycles. The van der Waals surface area contributed by atoms with Crippen molar-refractivity contribution in [3.63, 3.8) is 0 Å². The molecule has 1 aliphatic carbocycles. The molecule has 0 saturated carbocycles. The molecule has 0 atom stereocenters. The number of aromatic nitrogens is 2. The molecule has 7 rings (SSSR count). The zero-order valence-electron chi connectivity index (χ0n) is 22.1. The molecule has 6 aromatic rings. The molecule has 2 heterocycles. The standard InChI is InChI=1S/C37H28N2/c1-37(2)35-31(25-10-4-3-5-11-25)14-6-16-33(35)34-17-7-15-32(36(34)37)30-21-28(26-12-8-18-38-23-26)20-29(22-30)27-13-9-19-39-24-27/h3-24H,1-2H3. The molecule has 0 radical (unpaired) electrons. The highest BCUT2D eigenvalue weighted by atomic mass is 14.6. The van der Waals surface area contributed by atoms with Crippen molar-refractivity contribution in [3.05, 3.63) is 145 Å². The van der Waals surface area contributed by atoms with Crippen molar-refractivity contribution in [1.82, 2.24) is 9.97 Å². The predicted molar refractivity (Wildman–Crippen MR) is 161 cm³/mol. The number of pyridine rings is 2. The molecule has 186 valence electrons. The summed E-state index contributed by atoms with van der Waals surface area (Å²) in [6.07, 6.45) is 7.52. The Labute approximate surface area is 229 Å². The first-order chi connectivity index (χ1) is 19.1. The smallest absolute Gasteiger partial charge is 0.0346 e. The molecule has 0 amide bonds. The highest BCUT2D eigenvalue weighted by Gasteiger charge is 2.39. The van der Waals surface area contributed by atoms with Crippen LogP contribution >= 0.6 is 0 Å². The number of hydrogen-bond donors (Lipinski definition) is 0. The highest BCUT2D eigenvalue weighted by molar-refractivity contribution is 5.94. The molecule has 4 aromatic carbocycles. The van der Waals surface area contributed by atoms with Crippen LogP contribution in [-0.4, -0.2) is 9.97 Å². The lowest BCUT2D eigenvalue weighted by atomic mass is 9.76. The number of fused-ring (bicyclic) bond motifs is 3. The molecule has 0 spiro atoms. The number of benzene rings is 4. The van der Waals surface area contributed by atoms with Gasteiger partial charge in [-0.25, -0.2) is 0 Å². The van der Waals surface area contributed by atoms with E-state index in [1.54, 1.807) is 0 Å². The van der Waals surface area contributed by atoms with Crippen LogP contribution in [0.25, 0.3) is 55.6 Å². The number of hydrogen-bond acceptors (Lipinski definition) is 2. The molecule has 2 heteroatoms. The van der Waals surface area contributed by atoms with E-state index in [2.05, 4.69) is 121 Å². The molecule has 0 N–H and O–H groups in total. The van der Waals surface area contributed by atoms with Crippen LogP contribution in [0.3, 0.4) is 0 Å². The van der Waals surface area contributed by atoms with Crippen LogP contribution in [0.4, 0.5) is 0 Å². The van der Waals surface area contributed by atoms with Gasteiger partial charge in [0, 0.05) is 41.3 Å². The largest absolute Gasteiger partial charge is 0.264 e. The first kappa shape index (κ1) is 23.3. The van der Waals surface area contributed by atoms with Crippen molar-refractivity contribution in [1.29, 1.82) is 0 Å².